The van der Waals surface area contributed by atoms with Crippen LogP contribution < -0.4 is 5.32 Å². The molecule has 0 bridgehead atoms. The normalized spacial score (nSPS) is 10.2. The molecule has 10 heteroatoms. The summed E-state index contributed by atoms with van der Waals surface area (Å²) in [5, 5.41) is 13.6. The summed E-state index contributed by atoms with van der Waals surface area (Å²) in [6.45, 7) is -0.628. The van der Waals surface area contributed by atoms with Crippen LogP contribution in [0.1, 0.15) is 10.4 Å². The quantitative estimate of drug-likeness (QED) is 0.454. The van der Waals surface area contributed by atoms with Crippen LogP contribution in [0, 0.1) is 10.1 Å². The molecule has 0 spiro atoms. The standard InChI is InChI=1S/C15H9Cl3N2O5/c16-8-1-3-10(12(18)5-8)15(22)25-7-14(21)19-13-6-9(20(23)24)2-4-11(13)17/h1-6H,7H2,(H,19,21). The molecule has 0 saturated carbocycles. The van der Waals surface area contributed by atoms with Gasteiger partial charge in [-0.2, -0.15) is 0 Å². The van der Waals surface area contributed by atoms with Gasteiger partial charge >= 0.3 is 5.97 Å². The number of ether oxygens (including phenoxy) is 1. The van der Waals surface area contributed by atoms with Crippen molar-refractivity contribution in [3.8, 4) is 0 Å². The predicted octanol–water partition coefficient (Wildman–Crippen LogP) is 4.35. The van der Waals surface area contributed by atoms with Crippen LogP contribution in [0.15, 0.2) is 36.4 Å². The fourth-order valence-electron chi connectivity index (χ4n) is 1.77. The average molecular weight is 404 g/mol. The third-order valence-electron chi connectivity index (χ3n) is 2.92. The van der Waals surface area contributed by atoms with Crippen molar-refractivity contribution in [1.29, 1.82) is 0 Å². The zero-order chi connectivity index (χ0) is 18.6. The minimum Gasteiger partial charge on any atom is -0.452 e. The van der Waals surface area contributed by atoms with Crippen molar-refractivity contribution in [1.82, 2.24) is 0 Å². The van der Waals surface area contributed by atoms with E-state index >= 15 is 0 Å². The van der Waals surface area contributed by atoms with E-state index in [-0.39, 0.29) is 27.0 Å². The van der Waals surface area contributed by atoms with Gasteiger partial charge in [-0.05, 0) is 24.3 Å². The van der Waals surface area contributed by atoms with Crippen molar-refractivity contribution in [3.05, 3.63) is 67.1 Å². The molecule has 0 aliphatic carbocycles. The smallest absolute Gasteiger partial charge is 0.340 e. The Hall–Kier alpha value is -2.35. The lowest BCUT2D eigenvalue weighted by molar-refractivity contribution is -0.384. The highest BCUT2D eigenvalue weighted by molar-refractivity contribution is 6.36. The molecular formula is C15H9Cl3N2O5. The maximum absolute atomic E-state index is 11.9. The Morgan fingerprint density at radius 1 is 1.08 bits per heavy atom. The lowest BCUT2D eigenvalue weighted by Gasteiger charge is -2.09. The SMILES string of the molecule is O=C(COC(=O)c1ccc(Cl)cc1Cl)Nc1cc([N+](=O)[O-])ccc1Cl. The summed E-state index contributed by atoms with van der Waals surface area (Å²) in [7, 11) is 0. The summed E-state index contributed by atoms with van der Waals surface area (Å²) in [5.41, 5.74) is -0.168. The molecule has 1 amide bonds. The first kappa shape index (κ1) is 19.0. The van der Waals surface area contributed by atoms with Gasteiger partial charge in [-0.25, -0.2) is 4.79 Å². The van der Waals surface area contributed by atoms with E-state index < -0.39 is 23.4 Å². The number of nitrogens with zero attached hydrogens (tertiary/aromatic N) is 1. The van der Waals surface area contributed by atoms with E-state index in [2.05, 4.69) is 5.32 Å². The Kier molecular flexibility index (Phi) is 6.19. The van der Waals surface area contributed by atoms with Gasteiger partial charge in [0.1, 0.15) is 0 Å². The molecule has 130 valence electrons. The van der Waals surface area contributed by atoms with Crippen molar-refractivity contribution in [2.24, 2.45) is 0 Å². The van der Waals surface area contributed by atoms with Crippen LogP contribution in [0.25, 0.3) is 0 Å². The highest BCUT2D eigenvalue weighted by atomic mass is 35.5. The van der Waals surface area contributed by atoms with Crippen LogP contribution in [-0.4, -0.2) is 23.4 Å². The molecule has 0 heterocycles. The number of carbonyl (C=O) groups excluding carboxylic acids is 2. The second kappa shape index (κ2) is 8.15. The average Bonchev–Trinajstić information content (AvgIpc) is 2.54. The van der Waals surface area contributed by atoms with Crippen molar-refractivity contribution in [2.75, 3.05) is 11.9 Å². The number of nitrogens with one attached hydrogen (secondary N) is 1. The molecule has 25 heavy (non-hydrogen) atoms. The number of benzene rings is 2. The minimum absolute atomic E-state index is 0.0291. The molecule has 2 aromatic carbocycles. The number of amides is 1. The van der Waals surface area contributed by atoms with E-state index in [1.165, 1.54) is 30.3 Å². The number of hydrogen-bond acceptors (Lipinski definition) is 5. The topological polar surface area (TPSA) is 98.5 Å². The molecule has 0 aliphatic rings. The van der Waals surface area contributed by atoms with E-state index in [1.54, 1.807) is 0 Å². The van der Waals surface area contributed by atoms with Gasteiger partial charge in [0, 0.05) is 17.2 Å². The van der Waals surface area contributed by atoms with E-state index in [9.17, 15) is 19.7 Å². The number of halogens is 3. The summed E-state index contributed by atoms with van der Waals surface area (Å²) < 4.78 is 4.84. The van der Waals surface area contributed by atoms with Crippen LogP contribution >= 0.6 is 34.8 Å². The molecule has 2 aromatic rings. The zero-order valence-corrected chi connectivity index (χ0v) is 14.6. The van der Waals surface area contributed by atoms with Gasteiger partial charge in [-0.15, -0.1) is 0 Å². The summed E-state index contributed by atoms with van der Waals surface area (Å²) in [6.07, 6.45) is 0. The molecule has 0 fully saturated rings. The monoisotopic (exact) mass is 402 g/mol. The molecule has 0 aliphatic heterocycles. The predicted molar refractivity (Wildman–Crippen MR) is 93.5 cm³/mol. The second-order valence-electron chi connectivity index (χ2n) is 4.67. The van der Waals surface area contributed by atoms with Gasteiger partial charge in [-0.1, -0.05) is 34.8 Å². The van der Waals surface area contributed by atoms with Crippen LogP contribution in [-0.2, 0) is 9.53 Å². The number of nitro benzene ring substituents is 1. The molecular weight excluding hydrogens is 395 g/mol. The number of non-ortho nitro benzene ring substituents is 1. The number of rotatable bonds is 5. The second-order valence-corrected chi connectivity index (χ2v) is 5.92. The summed E-state index contributed by atoms with van der Waals surface area (Å²) in [6, 6.07) is 7.74. The summed E-state index contributed by atoms with van der Waals surface area (Å²) in [5.74, 6) is -1.54. The number of hydrogen-bond donors (Lipinski definition) is 1. The van der Waals surface area contributed by atoms with Gasteiger partial charge < -0.3 is 10.1 Å². The first-order chi connectivity index (χ1) is 11.8. The molecule has 0 saturated heterocycles. The third-order valence-corrected chi connectivity index (χ3v) is 3.80. The third kappa shape index (κ3) is 5.06. The van der Waals surface area contributed by atoms with Crippen molar-refractivity contribution in [2.45, 2.75) is 0 Å². The highest BCUT2D eigenvalue weighted by Gasteiger charge is 2.16. The summed E-state index contributed by atoms with van der Waals surface area (Å²) >= 11 is 17.5. The van der Waals surface area contributed by atoms with Crippen LogP contribution in [0.2, 0.25) is 15.1 Å². The Morgan fingerprint density at radius 3 is 2.44 bits per heavy atom. The first-order valence-electron chi connectivity index (χ1n) is 6.64. The number of anilines is 1. The number of carbonyl (C=O) groups is 2. The molecule has 0 aromatic heterocycles. The Labute approximate surface area is 156 Å². The molecule has 0 atom stereocenters. The first-order valence-corrected chi connectivity index (χ1v) is 7.77. The van der Waals surface area contributed by atoms with Crippen molar-refractivity contribution < 1.29 is 19.2 Å². The number of esters is 1. The Balaban J connectivity index is 2.00. The largest absolute Gasteiger partial charge is 0.452 e. The molecule has 1 N–H and O–H groups in total. The Morgan fingerprint density at radius 2 is 1.80 bits per heavy atom. The van der Waals surface area contributed by atoms with Crippen LogP contribution in [0.3, 0.4) is 0 Å². The van der Waals surface area contributed by atoms with Gasteiger partial charge in [-0.3, -0.25) is 14.9 Å². The zero-order valence-electron chi connectivity index (χ0n) is 12.3. The van der Waals surface area contributed by atoms with E-state index in [0.29, 0.717) is 5.02 Å². The minimum atomic E-state index is -0.818. The van der Waals surface area contributed by atoms with Crippen molar-refractivity contribution in [3.63, 3.8) is 0 Å². The van der Waals surface area contributed by atoms with Gasteiger partial charge in [0.2, 0.25) is 0 Å². The molecule has 2 rings (SSSR count). The van der Waals surface area contributed by atoms with E-state index in [0.717, 1.165) is 6.07 Å². The van der Waals surface area contributed by atoms with E-state index in [4.69, 9.17) is 39.5 Å². The van der Waals surface area contributed by atoms with E-state index in [1.807, 2.05) is 0 Å². The maximum Gasteiger partial charge on any atom is 0.340 e. The summed E-state index contributed by atoms with van der Waals surface area (Å²) in [4.78, 5) is 33.9. The van der Waals surface area contributed by atoms with Crippen molar-refractivity contribution >= 4 is 58.1 Å². The highest BCUT2D eigenvalue weighted by Crippen LogP contribution is 2.26. The lowest BCUT2D eigenvalue weighted by Crippen LogP contribution is -2.21. The van der Waals surface area contributed by atoms with Crippen LogP contribution in [0.5, 0.6) is 0 Å². The Bertz CT molecular complexity index is 857. The van der Waals surface area contributed by atoms with Gasteiger partial charge in [0.15, 0.2) is 6.61 Å². The fraction of sp³-hybridized carbons (Fsp3) is 0.0667. The molecule has 0 radical (unpaired) electrons. The maximum atomic E-state index is 11.9. The van der Waals surface area contributed by atoms with Gasteiger partial charge in [0.25, 0.3) is 11.6 Å². The molecule has 0 unspecified atom stereocenters. The number of nitro groups is 1. The fourth-order valence-corrected chi connectivity index (χ4v) is 2.42. The molecule has 7 nitrogen and oxygen atoms in total. The van der Waals surface area contributed by atoms with Crippen LogP contribution in [0.4, 0.5) is 11.4 Å². The van der Waals surface area contributed by atoms with Gasteiger partial charge in [0.05, 0.1) is 26.2 Å². The lowest BCUT2D eigenvalue weighted by atomic mass is 10.2.